The highest BCUT2D eigenvalue weighted by Gasteiger charge is 2.23. The van der Waals surface area contributed by atoms with Crippen LogP contribution >= 0.6 is 0 Å². The highest BCUT2D eigenvalue weighted by atomic mass is 16.4. The molecule has 0 rings (SSSR count). The van der Waals surface area contributed by atoms with Gasteiger partial charge in [-0.3, -0.25) is 4.79 Å². The van der Waals surface area contributed by atoms with Crippen LogP contribution in [-0.4, -0.2) is 17.1 Å². The zero-order valence-corrected chi connectivity index (χ0v) is 8.62. The first kappa shape index (κ1) is 12.4. The van der Waals surface area contributed by atoms with E-state index in [-0.39, 0.29) is 12.0 Å². The normalized spacial score (nSPS) is 15.3. The van der Waals surface area contributed by atoms with Gasteiger partial charge >= 0.3 is 5.97 Å². The Bertz CT molecular complexity index is 148. The van der Waals surface area contributed by atoms with Crippen molar-refractivity contribution in [3.8, 4) is 0 Å². The molecule has 0 saturated heterocycles. The summed E-state index contributed by atoms with van der Waals surface area (Å²) in [6, 6.07) is -0.169. The molecule has 3 heteroatoms. The first-order valence-electron chi connectivity index (χ1n) is 5.11. The smallest absolute Gasteiger partial charge is 0.308 e. The molecule has 3 N–H and O–H groups in total. The van der Waals surface area contributed by atoms with Crippen LogP contribution in [0.15, 0.2) is 0 Å². The average Bonchev–Trinajstić information content (AvgIpc) is 2.09. The molecule has 2 unspecified atom stereocenters. The molecule has 0 aromatic carbocycles. The number of hydrogen-bond donors (Lipinski definition) is 2. The first-order chi connectivity index (χ1) is 6.13. The third-order valence-electron chi connectivity index (χ3n) is 2.32. The second-order valence-corrected chi connectivity index (χ2v) is 3.54. The number of nitrogens with two attached hydrogens (primary N) is 1. The number of hydrogen-bond acceptors (Lipinski definition) is 2. The molecular weight excluding hydrogens is 166 g/mol. The molecule has 0 aliphatic carbocycles. The van der Waals surface area contributed by atoms with E-state index in [9.17, 15) is 4.79 Å². The van der Waals surface area contributed by atoms with E-state index in [1.54, 1.807) is 0 Å². The fourth-order valence-electron chi connectivity index (χ4n) is 1.47. The highest BCUT2D eigenvalue weighted by molar-refractivity contribution is 5.70. The predicted octanol–water partition coefficient (Wildman–Crippen LogP) is 2.00. The molecule has 0 fully saturated rings. The summed E-state index contributed by atoms with van der Waals surface area (Å²) in [5, 5.41) is 8.89. The molecular formula is C10H21NO2. The summed E-state index contributed by atoms with van der Waals surface area (Å²) in [6.45, 7) is 4.07. The van der Waals surface area contributed by atoms with Gasteiger partial charge in [0, 0.05) is 6.04 Å². The fourth-order valence-corrected chi connectivity index (χ4v) is 1.47. The SMILES string of the molecule is CCCCC(N)C(CCC)C(=O)O. The van der Waals surface area contributed by atoms with E-state index in [0.29, 0.717) is 6.42 Å². The molecule has 0 amide bonds. The van der Waals surface area contributed by atoms with Crippen LogP contribution in [0.1, 0.15) is 46.0 Å². The summed E-state index contributed by atoms with van der Waals surface area (Å²) >= 11 is 0. The minimum absolute atomic E-state index is 0.169. The Morgan fingerprint density at radius 3 is 2.31 bits per heavy atom. The van der Waals surface area contributed by atoms with Crippen LogP contribution in [0.2, 0.25) is 0 Å². The van der Waals surface area contributed by atoms with Crippen molar-refractivity contribution < 1.29 is 9.90 Å². The summed E-state index contributed by atoms with van der Waals surface area (Å²) in [5.41, 5.74) is 5.81. The number of unbranched alkanes of at least 4 members (excludes halogenated alkanes) is 1. The van der Waals surface area contributed by atoms with Gasteiger partial charge in [-0.25, -0.2) is 0 Å². The van der Waals surface area contributed by atoms with Gasteiger partial charge in [0.2, 0.25) is 0 Å². The Hall–Kier alpha value is -0.570. The molecule has 0 aromatic rings. The average molecular weight is 187 g/mol. The van der Waals surface area contributed by atoms with Crippen LogP contribution in [-0.2, 0) is 4.79 Å². The summed E-state index contributed by atoms with van der Waals surface area (Å²) < 4.78 is 0. The summed E-state index contributed by atoms with van der Waals surface area (Å²) in [7, 11) is 0. The molecule has 2 atom stereocenters. The molecule has 0 heterocycles. The Morgan fingerprint density at radius 2 is 1.92 bits per heavy atom. The molecule has 0 aliphatic rings. The van der Waals surface area contributed by atoms with Gasteiger partial charge in [0.25, 0.3) is 0 Å². The predicted molar refractivity (Wildman–Crippen MR) is 53.5 cm³/mol. The molecule has 0 aliphatic heterocycles. The molecule has 0 spiro atoms. The van der Waals surface area contributed by atoms with E-state index >= 15 is 0 Å². The Labute approximate surface area is 80.3 Å². The lowest BCUT2D eigenvalue weighted by molar-refractivity contribution is -0.142. The van der Waals surface area contributed by atoms with E-state index in [2.05, 4.69) is 6.92 Å². The van der Waals surface area contributed by atoms with Crippen molar-refractivity contribution in [3.05, 3.63) is 0 Å². The van der Waals surface area contributed by atoms with E-state index in [0.717, 1.165) is 25.7 Å². The van der Waals surface area contributed by atoms with Crippen molar-refractivity contribution in [2.45, 2.75) is 52.0 Å². The lowest BCUT2D eigenvalue weighted by Gasteiger charge is -2.18. The van der Waals surface area contributed by atoms with Crippen LogP contribution in [0.25, 0.3) is 0 Å². The molecule has 0 bridgehead atoms. The molecule has 0 saturated carbocycles. The quantitative estimate of drug-likeness (QED) is 0.640. The zero-order chi connectivity index (χ0) is 10.3. The van der Waals surface area contributed by atoms with E-state index in [1.165, 1.54) is 0 Å². The maximum atomic E-state index is 10.8. The van der Waals surface area contributed by atoms with Crippen molar-refractivity contribution >= 4 is 5.97 Å². The monoisotopic (exact) mass is 187 g/mol. The van der Waals surface area contributed by atoms with E-state index < -0.39 is 5.97 Å². The largest absolute Gasteiger partial charge is 0.481 e. The van der Waals surface area contributed by atoms with Gasteiger partial charge in [-0.2, -0.15) is 0 Å². The summed E-state index contributed by atoms with van der Waals surface area (Å²) in [5.74, 6) is -1.10. The van der Waals surface area contributed by atoms with Gasteiger partial charge in [-0.05, 0) is 12.8 Å². The van der Waals surface area contributed by atoms with E-state index in [1.807, 2.05) is 6.92 Å². The van der Waals surface area contributed by atoms with Gasteiger partial charge in [-0.15, -0.1) is 0 Å². The third kappa shape index (κ3) is 4.88. The first-order valence-corrected chi connectivity index (χ1v) is 5.11. The second-order valence-electron chi connectivity index (χ2n) is 3.54. The number of rotatable bonds is 7. The maximum Gasteiger partial charge on any atom is 0.308 e. The maximum absolute atomic E-state index is 10.8. The molecule has 3 nitrogen and oxygen atoms in total. The molecule has 78 valence electrons. The highest BCUT2D eigenvalue weighted by Crippen LogP contribution is 2.14. The van der Waals surface area contributed by atoms with Crippen LogP contribution in [0.3, 0.4) is 0 Å². The summed E-state index contributed by atoms with van der Waals surface area (Å²) in [6.07, 6.45) is 4.51. The Morgan fingerprint density at radius 1 is 1.31 bits per heavy atom. The zero-order valence-electron chi connectivity index (χ0n) is 8.62. The van der Waals surface area contributed by atoms with Crippen molar-refractivity contribution in [3.63, 3.8) is 0 Å². The van der Waals surface area contributed by atoms with Crippen LogP contribution in [0.4, 0.5) is 0 Å². The Kier molecular flexibility index (Phi) is 6.59. The van der Waals surface area contributed by atoms with Crippen molar-refractivity contribution in [2.75, 3.05) is 0 Å². The third-order valence-corrected chi connectivity index (χ3v) is 2.32. The molecule has 0 aromatic heterocycles. The van der Waals surface area contributed by atoms with Crippen molar-refractivity contribution in [1.29, 1.82) is 0 Å². The van der Waals surface area contributed by atoms with Gasteiger partial charge in [0.1, 0.15) is 0 Å². The van der Waals surface area contributed by atoms with Gasteiger partial charge in [0.05, 0.1) is 5.92 Å². The lowest BCUT2D eigenvalue weighted by atomic mass is 9.92. The van der Waals surface area contributed by atoms with Gasteiger partial charge in [-0.1, -0.05) is 33.1 Å². The van der Waals surface area contributed by atoms with Crippen molar-refractivity contribution in [1.82, 2.24) is 0 Å². The van der Waals surface area contributed by atoms with Crippen LogP contribution in [0, 0.1) is 5.92 Å². The number of carboxylic acid groups (broad SMARTS) is 1. The molecule has 0 radical (unpaired) electrons. The minimum Gasteiger partial charge on any atom is -0.481 e. The fraction of sp³-hybridized carbons (Fsp3) is 0.900. The number of carbonyl (C=O) groups is 1. The van der Waals surface area contributed by atoms with Crippen LogP contribution < -0.4 is 5.73 Å². The van der Waals surface area contributed by atoms with Crippen molar-refractivity contribution in [2.24, 2.45) is 11.7 Å². The minimum atomic E-state index is -0.745. The topological polar surface area (TPSA) is 63.3 Å². The number of aliphatic carboxylic acids is 1. The lowest BCUT2D eigenvalue weighted by Crippen LogP contribution is -2.35. The van der Waals surface area contributed by atoms with E-state index in [4.69, 9.17) is 10.8 Å². The number of carboxylic acids is 1. The standard InChI is InChI=1S/C10H21NO2/c1-3-5-7-9(11)8(6-4-2)10(12)13/h8-9H,3-7,11H2,1-2H3,(H,12,13). The summed E-state index contributed by atoms with van der Waals surface area (Å²) in [4.78, 5) is 10.8. The van der Waals surface area contributed by atoms with Gasteiger partial charge < -0.3 is 10.8 Å². The second kappa shape index (κ2) is 6.89. The van der Waals surface area contributed by atoms with Crippen LogP contribution in [0.5, 0.6) is 0 Å². The van der Waals surface area contributed by atoms with Gasteiger partial charge in [0.15, 0.2) is 0 Å². The Balaban J connectivity index is 3.95. The molecule has 13 heavy (non-hydrogen) atoms.